The molecule has 3 aromatic rings. The number of halogens is 1. The molecule has 1 aliphatic rings. The Balaban J connectivity index is 1.50. The van der Waals surface area contributed by atoms with Crippen LogP contribution >= 0.6 is 33.9 Å². The lowest BCUT2D eigenvalue weighted by molar-refractivity contribution is 0.0745. The van der Waals surface area contributed by atoms with E-state index in [1.807, 2.05) is 29.2 Å². The molecule has 26 heavy (non-hydrogen) atoms. The number of fused-ring (bicyclic) bond motifs is 1. The third-order valence-corrected chi connectivity index (χ3v) is 7.06. The summed E-state index contributed by atoms with van der Waals surface area (Å²) >= 11 is 4.00. The van der Waals surface area contributed by atoms with Crippen molar-refractivity contribution in [3.63, 3.8) is 0 Å². The second-order valence-corrected chi connectivity index (χ2v) is 8.77. The molecule has 134 valence electrons. The average Bonchev–Trinajstić information content (AvgIpc) is 3.12. The summed E-state index contributed by atoms with van der Waals surface area (Å²) in [5.74, 6) is 0.130. The molecular formula is C20H20IN3OS. The van der Waals surface area contributed by atoms with Gasteiger partial charge in [-0.15, -0.1) is 0 Å². The van der Waals surface area contributed by atoms with Crippen molar-refractivity contribution in [3.05, 3.63) is 56.7 Å². The van der Waals surface area contributed by atoms with E-state index in [1.165, 1.54) is 15.8 Å². The number of carbonyl (C=O) groups excluding carboxylic acids is 1. The van der Waals surface area contributed by atoms with Crippen LogP contribution in [-0.2, 0) is 0 Å². The molecule has 0 bridgehead atoms. The first-order chi connectivity index (χ1) is 12.5. The second-order valence-electron chi connectivity index (χ2n) is 6.63. The standard InChI is InChI=1S/C20H20IN3OS/c1-13-7-8-14(2)18-17(13)22-20(26-18)24-11-9-23(10-12-24)19(25)15-5-3-4-6-16(15)21/h3-8H,9-12H2,1-2H3. The fourth-order valence-electron chi connectivity index (χ4n) is 3.29. The number of thiazole rings is 1. The van der Waals surface area contributed by atoms with E-state index in [0.717, 1.165) is 46.0 Å². The number of hydrogen-bond donors (Lipinski definition) is 0. The van der Waals surface area contributed by atoms with Crippen LogP contribution in [0.15, 0.2) is 36.4 Å². The van der Waals surface area contributed by atoms with Crippen molar-refractivity contribution in [1.82, 2.24) is 9.88 Å². The smallest absolute Gasteiger partial charge is 0.255 e. The molecular weight excluding hydrogens is 457 g/mol. The van der Waals surface area contributed by atoms with Crippen LogP contribution in [0.4, 0.5) is 5.13 Å². The van der Waals surface area contributed by atoms with E-state index in [0.29, 0.717) is 0 Å². The summed E-state index contributed by atoms with van der Waals surface area (Å²) in [4.78, 5) is 21.9. The van der Waals surface area contributed by atoms with Crippen molar-refractivity contribution in [1.29, 1.82) is 0 Å². The highest BCUT2D eigenvalue weighted by Gasteiger charge is 2.25. The van der Waals surface area contributed by atoms with Crippen LogP contribution in [0.3, 0.4) is 0 Å². The van der Waals surface area contributed by atoms with Crippen LogP contribution in [0, 0.1) is 17.4 Å². The van der Waals surface area contributed by atoms with Gasteiger partial charge in [-0.25, -0.2) is 4.98 Å². The molecule has 0 saturated carbocycles. The SMILES string of the molecule is Cc1ccc(C)c2sc(N3CCN(C(=O)c4ccccc4I)CC3)nc12. The summed E-state index contributed by atoms with van der Waals surface area (Å²) < 4.78 is 2.28. The van der Waals surface area contributed by atoms with Gasteiger partial charge in [-0.2, -0.15) is 0 Å². The zero-order valence-electron chi connectivity index (χ0n) is 14.8. The predicted octanol–water partition coefficient (Wildman–Crippen LogP) is 4.48. The summed E-state index contributed by atoms with van der Waals surface area (Å²) in [6, 6.07) is 12.1. The maximum Gasteiger partial charge on any atom is 0.255 e. The molecule has 2 aromatic carbocycles. The minimum Gasteiger partial charge on any atom is -0.345 e. The minimum absolute atomic E-state index is 0.130. The van der Waals surface area contributed by atoms with Crippen molar-refractivity contribution < 1.29 is 4.79 Å². The predicted molar refractivity (Wildman–Crippen MR) is 116 cm³/mol. The van der Waals surface area contributed by atoms with E-state index >= 15 is 0 Å². The van der Waals surface area contributed by atoms with Crippen LogP contribution in [0.5, 0.6) is 0 Å². The van der Waals surface area contributed by atoms with E-state index in [1.54, 1.807) is 11.3 Å². The Morgan fingerprint density at radius 3 is 2.42 bits per heavy atom. The van der Waals surface area contributed by atoms with Crippen molar-refractivity contribution in [3.8, 4) is 0 Å². The van der Waals surface area contributed by atoms with Crippen molar-refractivity contribution in [2.45, 2.75) is 13.8 Å². The highest BCUT2D eigenvalue weighted by Crippen LogP contribution is 2.33. The Hall–Kier alpha value is -1.67. The minimum atomic E-state index is 0.130. The fraction of sp³-hybridized carbons (Fsp3) is 0.300. The average molecular weight is 477 g/mol. The highest BCUT2D eigenvalue weighted by molar-refractivity contribution is 14.1. The molecule has 2 heterocycles. The van der Waals surface area contributed by atoms with Crippen LogP contribution in [0.25, 0.3) is 10.2 Å². The van der Waals surface area contributed by atoms with Gasteiger partial charge in [0.25, 0.3) is 5.91 Å². The first-order valence-electron chi connectivity index (χ1n) is 8.70. The second kappa shape index (κ2) is 7.15. The normalized spacial score (nSPS) is 14.9. The van der Waals surface area contributed by atoms with Crippen molar-refractivity contribution in [2.75, 3.05) is 31.1 Å². The molecule has 0 aliphatic carbocycles. The van der Waals surface area contributed by atoms with Crippen LogP contribution in [-0.4, -0.2) is 42.0 Å². The Bertz CT molecular complexity index is 937. The number of anilines is 1. The van der Waals surface area contributed by atoms with Gasteiger partial charge >= 0.3 is 0 Å². The molecule has 0 spiro atoms. The molecule has 1 aromatic heterocycles. The maximum atomic E-state index is 12.8. The van der Waals surface area contributed by atoms with E-state index in [9.17, 15) is 4.79 Å². The lowest BCUT2D eigenvalue weighted by atomic mass is 10.1. The number of aromatic nitrogens is 1. The van der Waals surface area contributed by atoms with Crippen LogP contribution in [0.1, 0.15) is 21.5 Å². The third kappa shape index (κ3) is 3.20. The molecule has 1 aliphatic heterocycles. The van der Waals surface area contributed by atoms with Gasteiger partial charge in [0.15, 0.2) is 5.13 Å². The lowest BCUT2D eigenvalue weighted by Crippen LogP contribution is -2.48. The van der Waals surface area contributed by atoms with Crippen molar-refractivity contribution in [2.24, 2.45) is 0 Å². The molecule has 1 saturated heterocycles. The molecule has 1 amide bonds. The number of amides is 1. The van der Waals surface area contributed by atoms with Gasteiger partial charge < -0.3 is 9.80 Å². The number of aryl methyl sites for hydroxylation is 2. The number of hydrogen-bond acceptors (Lipinski definition) is 4. The first kappa shape index (κ1) is 17.7. The molecule has 4 rings (SSSR count). The fourth-order valence-corrected chi connectivity index (χ4v) is 5.07. The van der Waals surface area contributed by atoms with Crippen LogP contribution < -0.4 is 4.90 Å². The number of carbonyl (C=O) groups is 1. The monoisotopic (exact) mass is 477 g/mol. The zero-order valence-corrected chi connectivity index (χ0v) is 17.8. The summed E-state index contributed by atoms with van der Waals surface area (Å²) in [6.07, 6.45) is 0. The number of benzene rings is 2. The Morgan fingerprint density at radius 1 is 1.04 bits per heavy atom. The maximum absolute atomic E-state index is 12.8. The van der Waals surface area contributed by atoms with E-state index in [4.69, 9.17) is 4.98 Å². The van der Waals surface area contributed by atoms with Gasteiger partial charge in [0.2, 0.25) is 0 Å². The topological polar surface area (TPSA) is 36.4 Å². The highest BCUT2D eigenvalue weighted by atomic mass is 127. The molecule has 0 N–H and O–H groups in total. The summed E-state index contributed by atoms with van der Waals surface area (Å²) in [5, 5.41) is 1.07. The van der Waals surface area contributed by atoms with E-state index in [-0.39, 0.29) is 5.91 Å². The van der Waals surface area contributed by atoms with Gasteiger partial charge in [0, 0.05) is 29.7 Å². The van der Waals surface area contributed by atoms with Gasteiger partial charge in [0.1, 0.15) is 0 Å². The van der Waals surface area contributed by atoms with Gasteiger partial charge in [0.05, 0.1) is 15.8 Å². The Labute approximate surface area is 171 Å². The molecule has 1 fully saturated rings. The largest absolute Gasteiger partial charge is 0.345 e. The Kier molecular flexibility index (Phi) is 4.88. The van der Waals surface area contributed by atoms with E-state index in [2.05, 4.69) is 53.5 Å². The first-order valence-corrected chi connectivity index (χ1v) is 10.6. The van der Waals surface area contributed by atoms with Gasteiger partial charge in [-0.1, -0.05) is 35.6 Å². The van der Waals surface area contributed by atoms with E-state index < -0.39 is 0 Å². The third-order valence-electron chi connectivity index (χ3n) is 4.87. The summed E-state index contributed by atoms with van der Waals surface area (Å²) in [7, 11) is 0. The van der Waals surface area contributed by atoms with Gasteiger partial charge in [-0.05, 0) is 59.7 Å². The quantitative estimate of drug-likeness (QED) is 0.511. The number of rotatable bonds is 2. The summed E-state index contributed by atoms with van der Waals surface area (Å²) in [5.41, 5.74) is 4.41. The molecule has 0 unspecified atom stereocenters. The van der Waals surface area contributed by atoms with Crippen molar-refractivity contribution >= 4 is 55.2 Å². The number of piperazine rings is 1. The zero-order chi connectivity index (χ0) is 18.3. The molecule has 4 nitrogen and oxygen atoms in total. The Morgan fingerprint density at radius 2 is 1.73 bits per heavy atom. The molecule has 0 atom stereocenters. The summed E-state index contributed by atoms with van der Waals surface area (Å²) in [6.45, 7) is 7.38. The van der Waals surface area contributed by atoms with Gasteiger partial charge in [-0.3, -0.25) is 4.79 Å². The van der Waals surface area contributed by atoms with Crippen LogP contribution in [0.2, 0.25) is 0 Å². The molecule has 6 heteroatoms. The molecule has 0 radical (unpaired) electrons. The number of nitrogens with zero attached hydrogens (tertiary/aromatic N) is 3. The lowest BCUT2D eigenvalue weighted by Gasteiger charge is -2.34.